The summed E-state index contributed by atoms with van der Waals surface area (Å²) in [6.45, 7) is 2.93. The van der Waals surface area contributed by atoms with Crippen LogP contribution in [0.2, 0.25) is 0 Å². The Balaban J connectivity index is 2.93. The summed E-state index contributed by atoms with van der Waals surface area (Å²) in [4.78, 5) is 11.6. The molecule has 0 saturated carbocycles. The number of rotatable bonds is 5. The minimum absolute atomic E-state index is 0.127. The molecule has 0 radical (unpaired) electrons. The Morgan fingerprint density at radius 2 is 2.18 bits per heavy atom. The molecule has 5 nitrogen and oxygen atoms in total. The number of carboxylic acid groups (broad SMARTS) is 1. The van der Waals surface area contributed by atoms with Crippen molar-refractivity contribution in [2.75, 3.05) is 0 Å². The second-order valence-corrected chi connectivity index (χ2v) is 6.10. The first-order chi connectivity index (χ1) is 10.2. The van der Waals surface area contributed by atoms with E-state index in [0.717, 1.165) is 11.8 Å². The van der Waals surface area contributed by atoms with Gasteiger partial charge in [0.25, 0.3) is 0 Å². The van der Waals surface area contributed by atoms with E-state index in [4.69, 9.17) is 16.7 Å². The molecule has 0 aliphatic heterocycles. The number of carbonyl (C=O) groups is 1. The Hall–Kier alpha value is -2.17. The Morgan fingerprint density at radius 3 is 2.73 bits per heavy atom. The van der Waals surface area contributed by atoms with Gasteiger partial charge >= 0.3 is 5.97 Å². The Bertz CT molecular complexity index is 642. The molecule has 0 amide bonds. The van der Waals surface area contributed by atoms with E-state index in [0.29, 0.717) is 10.5 Å². The van der Waals surface area contributed by atoms with Crippen LogP contribution in [-0.2, 0) is 4.79 Å². The van der Waals surface area contributed by atoms with E-state index in [1.54, 1.807) is 24.3 Å². The number of aliphatic carboxylic acids is 1. The first kappa shape index (κ1) is 17.9. The lowest BCUT2D eigenvalue weighted by Crippen LogP contribution is -2.26. The average molecular weight is 323 g/mol. The number of thioether (sulfide) groups is 1. The van der Waals surface area contributed by atoms with Gasteiger partial charge in [-0.25, -0.2) is 15.0 Å². The Morgan fingerprint density at radius 1 is 1.50 bits per heavy atom. The highest BCUT2D eigenvalue weighted by molar-refractivity contribution is 8.03. The maximum atomic E-state index is 13.3. The molecule has 1 rings (SSSR count). The fraction of sp³-hybridized carbons (Fsp3) is 0.267. The highest BCUT2D eigenvalue weighted by atomic mass is 32.2. The average Bonchev–Trinajstić information content (AvgIpc) is 2.43. The molecule has 118 valence electrons. The van der Waals surface area contributed by atoms with Gasteiger partial charge in [-0.1, -0.05) is 29.7 Å². The van der Waals surface area contributed by atoms with Crippen molar-refractivity contribution in [2.45, 2.75) is 30.8 Å². The van der Waals surface area contributed by atoms with Crippen molar-refractivity contribution in [3.8, 4) is 11.8 Å². The summed E-state index contributed by atoms with van der Waals surface area (Å²) in [6.07, 6.45) is 0.131. The third-order valence-electron chi connectivity index (χ3n) is 2.40. The van der Waals surface area contributed by atoms with E-state index in [9.17, 15) is 9.18 Å². The van der Waals surface area contributed by atoms with E-state index in [2.05, 4.69) is 17.3 Å². The normalized spacial score (nSPS) is 12.0. The first-order valence-corrected chi connectivity index (χ1v) is 7.20. The van der Waals surface area contributed by atoms with Crippen molar-refractivity contribution in [1.82, 2.24) is 5.43 Å². The number of benzene rings is 1. The minimum Gasteiger partial charge on any atom is -0.477 e. The van der Waals surface area contributed by atoms with Crippen LogP contribution in [0.15, 0.2) is 39.9 Å². The standard InChI is InChI=1S/C15H18FN3O2S/c1-15(2,16)8-4-6-10-5-3-7-11(9-10)22-13(19-18)12(17)14(20)21/h3,5,7,9,19H,8,17-18H2,1-2H3,(H,20,21)/b13-12+. The van der Waals surface area contributed by atoms with Gasteiger partial charge in [-0.2, -0.15) is 0 Å². The molecule has 7 heteroatoms. The molecule has 0 bridgehead atoms. The second-order valence-electron chi connectivity index (χ2n) is 5.02. The summed E-state index contributed by atoms with van der Waals surface area (Å²) >= 11 is 1.07. The molecule has 0 saturated heterocycles. The quantitative estimate of drug-likeness (QED) is 0.217. The van der Waals surface area contributed by atoms with Gasteiger partial charge in [0.2, 0.25) is 0 Å². The van der Waals surface area contributed by atoms with E-state index in [1.165, 1.54) is 13.8 Å². The lowest BCUT2D eigenvalue weighted by molar-refractivity contribution is -0.132. The second kappa shape index (κ2) is 7.73. The number of hydrogen-bond acceptors (Lipinski definition) is 5. The summed E-state index contributed by atoms with van der Waals surface area (Å²) in [5.41, 5.74) is 6.68. The predicted octanol–water partition coefficient (Wildman–Crippen LogP) is 1.94. The molecule has 0 atom stereocenters. The smallest absolute Gasteiger partial charge is 0.354 e. The van der Waals surface area contributed by atoms with Gasteiger partial charge in [-0.3, -0.25) is 0 Å². The Kier molecular flexibility index (Phi) is 6.28. The van der Waals surface area contributed by atoms with Crippen molar-refractivity contribution >= 4 is 17.7 Å². The number of halogens is 1. The molecule has 1 aromatic carbocycles. The number of alkyl halides is 1. The zero-order valence-corrected chi connectivity index (χ0v) is 13.1. The van der Waals surface area contributed by atoms with Gasteiger partial charge in [0.1, 0.15) is 16.4 Å². The van der Waals surface area contributed by atoms with Crippen molar-refractivity contribution < 1.29 is 14.3 Å². The summed E-state index contributed by atoms with van der Waals surface area (Å²) in [5, 5.41) is 8.99. The number of carboxylic acids is 1. The fourth-order valence-corrected chi connectivity index (χ4v) is 2.20. The van der Waals surface area contributed by atoms with Crippen LogP contribution in [0, 0.1) is 11.8 Å². The SMILES string of the molecule is CC(C)(F)CC#Cc1cccc(S/C(NN)=C(/N)C(=O)O)c1. The molecule has 0 aliphatic rings. The minimum atomic E-state index is -1.34. The van der Waals surface area contributed by atoms with E-state index in [-0.39, 0.29) is 17.1 Å². The first-order valence-electron chi connectivity index (χ1n) is 6.38. The molecule has 0 spiro atoms. The summed E-state index contributed by atoms with van der Waals surface area (Å²) in [5.74, 6) is 9.66. The molecule has 22 heavy (non-hydrogen) atoms. The highest BCUT2D eigenvalue weighted by Gasteiger charge is 2.13. The van der Waals surface area contributed by atoms with Gasteiger partial charge in [-0.15, -0.1) is 0 Å². The predicted molar refractivity (Wildman–Crippen MR) is 85.2 cm³/mol. The van der Waals surface area contributed by atoms with Gasteiger partial charge in [0, 0.05) is 16.9 Å². The summed E-state index contributed by atoms with van der Waals surface area (Å²) in [7, 11) is 0. The van der Waals surface area contributed by atoms with Gasteiger partial charge in [-0.05, 0) is 32.0 Å². The molecule has 0 fully saturated rings. The molecular weight excluding hydrogens is 305 g/mol. The molecule has 0 aliphatic carbocycles. The van der Waals surface area contributed by atoms with Crippen LogP contribution in [0.1, 0.15) is 25.8 Å². The monoisotopic (exact) mass is 323 g/mol. The van der Waals surface area contributed by atoms with E-state index >= 15 is 0 Å². The van der Waals surface area contributed by atoms with Crippen molar-refractivity contribution in [2.24, 2.45) is 11.6 Å². The largest absolute Gasteiger partial charge is 0.477 e. The highest BCUT2D eigenvalue weighted by Crippen LogP contribution is 2.26. The van der Waals surface area contributed by atoms with Crippen LogP contribution in [0.3, 0.4) is 0 Å². The fourth-order valence-electron chi connectivity index (χ4n) is 1.37. The van der Waals surface area contributed by atoms with Crippen LogP contribution in [0.4, 0.5) is 4.39 Å². The molecule has 0 aromatic heterocycles. The number of nitrogens with two attached hydrogens (primary N) is 2. The number of hydrogen-bond donors (Lipinski definition) is 4. The van der Waals surface area contributed by atoms with Crippen LogP contribution in [-0.4, -0.2) is 16.7 Å². The number of hydrazine groups is 1. The van der Waals surface area contributed by atoms with Crippen LogP contribution in [0.5, 0.6) is 0 Å². The topological polar surface area (TPSA) is 101 Å². The lowest BCUT2D eigenvalue weighted by atomic mass is 10.1. The zero-order valence-electron chi connectivity index (χ0n) is 12.3. The lowest BCUT2D eigenvalue weighted by Gasteiger charge is -2.08. The van der Waals surface area contributed by atoms with E-state index < -0.39 is 11.6 Å². The maximum absolute atomic E-state index is 13.3. The molecule has 6 N–H and O–H groups in total. The van der Waals surface area contributed by atoms with E-state index in [1.807, 2.05) is 0 Å². The van der Waals surface area contributed by atoms with Crippen LogP contribution < -0.4 is 17.0 Å². The molecule has 0 heterocycles. The summed E-state index contributed by atoms with van der Waals surface area (Å²) < 4.78 is 13.3. The van der Waals surface area contributed by atoms with Gasteiger partial charge < -0.3 is 16.3 Å². The third-order valence-corrected chi connectivity index (χ3v) is 3.43. The zero-order chi connectivity index (χ0) is 16.8. The maximum Gasteiger partial charge on any atom is 0.354 e. The number of nitrogens with one attached hydrogen (secondary N) is 1. The Labute approximate surface area is 132 Å². The molecule has 1 aromatic rings. The van der Waals surface area contributed by atoms with Gasteiger partial charge in [0.05, 0.1) is 0 Å². The summed E-state index contributed by atoms with van der Waals surface area (Å²) in [6, 6.07) is 7.05. The van der Waals surface area contributed by atoms with Crippen LogP contribution in [0.25, 0.3) is 0 Å². The van der Waals surface area contributed by atoms with Crippen molar-refractivity contribution in [1.29, 1.82) is 0 Å². The molecule has 0 unspecified atom stereocenters. The molecular formula is C15H18FN3O2S. The van der Waals surface area contributed by atoms with Gasteiger partial charge in [0.15, 0.2) is 0 Å². The van der Waals surface area contributed by atoms with Crippen molar-refractivity contribution in [3.05, 3.63) is 40.6 Å². The third kappa shape index (κ3) is 6.08. The van der Waals surface area contributed by atoms with Crippen LogP contribution >= 0.6 is 11.8 Å². The van der Waals surface area contributed by atoms with Crippen molar-refractivity contribution in [3.63, 3.8) is 0 Å².